The third kappa shape index (κ3) is 7.86. The monoisotopic (exact) mass is 676 g/mol. The zero-order chi connectivity index (χ0) is 34.1. The topological polar surface area (TPSA) is 209 Å². The highest BCUT2D eigenvalue weighted by Gasteiger charge is 2.54. The number of aliphatic hydroxyl groups excluding tert-OH is 2. The average Bonchev–Trinajstić information content (AvgIpc) is 3.71. The van der Waals surface area contributed by atoms with E-state index in [4.69, 9.17) is 29.0 Å². The zero-order valence-electron chi connectivity index (χ0n) is 26.8. The zero-order valence-corrected chi connectivity index (χ0v) is 27.7. The molecule has 0 aliphatic carbocycles. The van der Waals surface area contributed by atoms with Crippen molar-refractivity contribution in [3.8, 4) is 5.75 Å². The van der Waals surface area contributed by atoms with Gasteiger partial charge in [-0.15, -0.1) is 0 Å². The first-order chi connectivity index (χ1) is 22.1. The molecule has 2 fully saturated rings. The van der Waals surface area contributed by atoms with E-state index in [1.54, 1.807) is 63.2 Å². The number of ether oxygens (including phenoxy) is 3. The van der Waals surface area contributed by atoms with Gasteiger partial charge < -0.3 is 39.6 Å². The second-order valence-electron chi connectivity index (χ2n) is 12.8. The minimum absolute atomic E-state index is 0.148. The van der Waals surface area contributed by atoms with E-state index < -0.39 is 68.1 Å². The number of carbonyl (C=O) groups excluding carboxylic acids is 2. The smallest absolute Gasteiger partial charge is 0.459 e. The molecule has 0 bridgehead atoms. The van der Waals surface area contributed by atoms with Gasteiger partial charge in [-0.25, -0.2) is 18.9 Å². The first-order valence-electron chi connectivity index (χ1n) is 15.1. The first-order valence-corrected chi connectivity index (χ1v) is 16.7. The first kappa shape index (κ1) is 34.5. The van der Waals surface area contributed by atoms with Crippen molar-refractivity contribution in [3.05, 3.63) is 54.5 Å². The van der Waals surface area contributed by atoms with E-state index in [2.05, 4.69) is 15.2 Å². The number of amides is 1. The predicted molar refractivity (Wildman–Crippen MR) is 167 cm³/mol. The van der Waals surface area contributed by atoms with Crippen LogP contribution in [0.25, 0.3) is 5.52 Å². The maximum atomic E-state index is 14.2. The summed E-state index contributed by atoms with van der Waals surface area (Å²) in [5, 5.41) is 28.9. The number of anilines is 1. The van der Waals surface area contributed by atoms with Crippen molar-refractivity contribution in [2.45, 2.75) is 82.7 Å². The number of likely N-dealkylation sites (tertiary alicyclic amines) is 1. The molecule has 7 atom stereocenters. The Morgan fingerprint density at radius 3 is 2.64 bits per heavy atom. The van der Waals surface area contributed by atoms with Gasteiger partial charge in [0.2, 0.25) is 0 Å². The summed E-state index contributed by atoms with van der Waals surface area (Å²) < 4.78 is 44.3. The normalized spacial score (nSPS) is 26.6. The Morgan fingerprint density at radius 1 is 1.21 bits per heavy atom. The molecule has 3 aromatic rings. The summed E-state index contributed by atoms with van der Waals surface area (Å²) in [5.41, 5.74) is 4.58. The number of benzene rings is 1. The molecular formula is C30H41N6O10P. The molecule has 4 heterocycles. The molecule has 5 rings (SSSR count). The molecule has 256 valence electrons. The molecule has 1 amide bonds. The summed E-state index contributed by atoms with van der Waals surface area (Å²) in [4.78, 5) is 30.9. The van der Waals surface area contributed by atoms with Crippen LogP contribution in [0.1, 0.15) is 52.8 Å². The number of nitrogens with two attached hydrogens (primary N) is 1. The van der Waals surface area contributed by atoms with Gasteiger partial charge in [0.1, 0.15) is 59.3 Å². The SMILES string of the molecule is C[C@@H](NP(=O)(OC[C@@]1(C)O[C@@H](c2ccc3c(N)ncnn23)[C@H](O)[C@@H]1O)Oc1ccccc1)C(=O)O[C@@H]1CCN(C(=O)OC(C)(C)C)C1. The highest BCUT2D eigenvalue weighted by atomic mass is 31.2. The Hall–Kier alpha value is -3.79. The van der Waals surface area contributed by atoms with Crippen LogP contribution in [0.4, 0.5) is 10.6 Å². The molecule has 1 unspecified atom stereocenters. The lowest BCUT2D eigenvalue weighted by molar-refractivity contribution is -0.150. The highest BCUT2D eigenvalue weighted by Crippen LogP contribution is 2.48. The van der Waals surface area contributed by atoms with Crippen LogP contribution in [-0.2, 0) is 28.1 Å². The van der Waals surface area contributed by atoms with Crippen molar-refractivity contribution in [2.24, 2.45) is 0 Å². The molecule has 1 aromatic carbocycles. The average molecular weight is 677 g/mol. The summed E-state index contributed by atoms with van der Waals surface area (Å²) in [6.45, 7) is 8.19. The molecule has 0 radical (unpaired) electrons. The highest BCUT2D eigenvalue weighted by molar-refractivity contribution is 7.52. The molecular weight excluding hydrogens is 635 g/mol. The quantitative estimate of drug-likeness (QED) is 0.180. The fraction of sp³-hybridized carbons (Fsp3) is 0.533. The van der Waals surface area contributed by atoms with E-state index in [0.717, 1.165) is 0 Å². The number of fused-ring (bicyclic) bond motifs is 1. The summed E-state index contributed by atoms with van der Waals surface area (Å²) in [6, 6.07) is 10.3. The van der Waals surface area contributed by atoms with E-state index in [9.17, 15) is 24.4 Å². The number of hydrogen-bond acceptors (Lipinski definition) is 13. The van der Waals surface area contributed by atoms with Crippen LogP contribution in [-0.4, -0.2) is 97.0 Å². The van der Waals surface area contributed by atoms with Crippen LogP contribution >= 0.6 is 7.75 Å². The van der Waals surface area contributed by atoms with Gasteiger partial charge in [0, 0.05) is 13.0 Å². The summed E-state index contributed by atoms with van der Waals surface area (Å²) in [5.74, 6) is -0.348. The van der Waals surface area contributed by atoms with Crippen LogP contribution in [0.15, 0.2) is 48.8 Å². The number of nitrogen functional groups attached to an aromatic ring is 1. The number of nitrogens with one attached hydrogen (secondary N) is 1. The fourth-order valence-corrected chi connectivity index (χ4v) is 6.88. The molecule has 2 aliphatic rings. The second kappa shape index (κ2) is 13.4. The third-order valence-corrected chi connectivity index (χ3v) is 9.36. The Labute approximate surface area is 271 Å². The van der Waals surface area contributed by atoms with E-state index in [0.29, 0.717) is 24.2 Å². The van der Waals surface area contributed by atoms with Crippen molar-refractivity contribution >= 4 is 31.1 Å². The van der Waals surface area contributed by atoms with Gasteiger partial charge in [-0.3, -0.25) is 9.32 Å². The number of nitrogens with zero attached hydrogens (tertiary/aromatic N) is 4. The summed E-state index contributed by atoms with van der Waals surface area (Å²) in [6.07, 6.45) is -3.40. The van der Waals surface area contributed by atoms with Crippen LogP contribution in [0.3, 0.4) is 0 Å². The number of hydrogen-bond donors (Lipinski definition) is 4. The fourth-order valence-electron chi connectivity index (χ4n) is 5.30. The van der Waals surface area contributed by atoms with E-state index in [1.165, 1.54) is 29.6 Å². The third-order valence-electron chi connectivity index (χ3n) is 7.73. The molecule has 2 aromatic heterocycles. The van der Waals surface area contributed by atoms with Crippen molar-refractivity contribution in [1.29, 1.82) is 0 Å². The maximum Gasteiger partial charge on any atom is 0.459 e. The lowest BCUT2D eigenvalue weighted by atomic mass is 9.97. The van der Waals surface area contributed by atoms with Crippen LogP contribution < -0.4 is 15.3 Å². The van der Waals surface area contributed by atoms with Crippen molar-refractivity contribution in [1.82, 2.24) is 24.6 Å². The number of aliphatic hydroxyl groups is 2. The van der Waals surface area contributed by atoms with Crippen LogP contribution in [0.5, 0.6) is 5.75 Å². The predicted octanol–water partition coefficient (Wildman–Crippen LogP) is 2.60. The molecule has 17 heteroatoms. The summed E-state index contributed by atoms with van der Waals surface area (Å²) in [7, 11) is -4.36. The van der Waals surface area contributed by atoms with Gasteiger partial charge in [-0.05, 0) is 58.9 Å². The molecule has 16 nitrogen and oxygen atoms in total. The van der Waals surface area contributed by atoms with Gasteiger partial charge in [0.05, 0.1) is 18.8 Å². The van der Waals surface area contributed by atoms with E-state index >= 15 is 0 Å². The van der Waals surface area contributed by atoms with E-state index in [-0.39, 0.29) is 18.1 Å². The molecule has 5 N–H and O–H groups in total. The Bertz CT molecular complexity index is 1630. The number of aromatic nitrogens is 3. The maximum absolute atomic E-state index is 14.2. The van der Waals surface area contributed by atoms with Gasteiger partial charge in [-0.2, -0.15) is 10.2 Å². The second-order valence-corrected chi connectivity index (χ2v) is 14.5. The minimum Gasteiger partial charge on any atom is -0.459 e. The van der Waals surface area contributed by atoms with E-state index in [1.807, 2.05) is 0 Å². The van der Waals surface area contributed by atoms with Crippen molar-refractivity contribution < 1.29 is 47.6 Å². The van der Waals surface area contributed by atoms with Gasteiger partial charge in [0.25, 0.3) is 0 Å². The van der Waals surface area contributed by atoms with Crippen molar-refractivity contribution in [2.75, 3.05) is 25.4 Å². The largest absolute Gasteiger partial charge is 0.459 e. The minimum atomic E-state index is -4.36. The Balaban J connectivity index is 1.26. The van der Waals surface area contributed by atoms with Gasteiger partial charge in [-0.1, -0.05) is 18.2 Å². The lowest BCUT2D eigenvalue weighted by Crippen LogP contribution is -2.45. The standard InChI is InChI=1S/C30H41N6O10P/c1-18(27(39)43-20-13-14-35(15-20)28(40)45-29(2,3)4)34-47(41,46-19-9-7-6-8-10-19)42-16-30(5)25(38)23(37)24(44-30)21-11-12-22-26(31)32-17-33-36(21)22/h6-12,17-18,20,23-25,37-38H,13-16H2,1-5H3,(H,34,41)(H2,31,32,33)/t18-,20-,23+,24+,25+,30-,47?/m1/s1. The van der Waals surface area contributed by atoms with Crippen LogP contribution in [0.2, 0.25) is 0 Å². The molecule has 2 aliphatic heterocycles. The summed E-state index contributed by atoms with van der Waals surface area (Å²) >= 11 is 0. The van der Waals surface area contributed by atoms with Gasteiger partial charge in [0.15, 0.2) is 5.82 Å². The van der Waals surface area contributed by atoms with Crippen LogP contribution in [0, 0.1) is 0 Å². The Morgan fingerprint density at radius 2 is 1.94 bits per heavy atom. The number of esters is 1. The molecule has 47 heavy (non-hydrogen) atoms. The molecule has 0 saturated carbocycles. The van der Waals surface area contributed by atoms with Crippen molar-refractivity contribution in [3.63, 3.8) is 0 Å². The Kier molecular flexibility index (Phi) is 9.83. The molecule has 0 spiro atoms. The molecule has 2 saturated heterocycles. The number of rotatable bonds is 10. The van der Waals surface area contributed by atoms with Gasteiger partial charge >= 0.3 is 19.8 Å². The number of carbonyl (C=O) groups is 2. The lowest BCUT2D eigenvalue weighted by Gasteiger charge is -2.30. The number of para-hydroxylation sites is 1.